The predicted molar refractivity (Wildman–Crippen MR) is 76.6 cm³/mol. The van der Waals surface area contributed by atoms with E-state index in [4.69, 9.17) is 0 Å². The van der Waals surface area contributed by atoms with Gasteiger partial charge < -0.3 is 15.5 Å². The highest BCUT2D eigenvalue weighted by molar-refractivity contribution is 7.11. The largest absolute Gasteiger partial charge is 0.504 e. The van der Waals surface area contributed by atoms with Crippen molar-refractivity contribution >= 4 is 11.3 Å². The highest BCUT2D eigenvalue weighted by Crippen LogP contribution is 2.27. The second-order valence-electron chi connectivity index (χ2n) is 4.61. The van der Waals surface area contributed by atoms with Crippen LogP contribution in [0.5, 0.6) is 11.5 Å². The van der Waals surface area contributed by atoms with Crippen molar-refractivity contribution in [3.8, 4) is 11.5 Å². The fraction of sp³-hybridized carbons (Fsp3) is 0.357. The summed E-state index contributed by atoms with van der Waals surface area (Å²) in [5.41, 5.74) is 2.00. The van der Waals surface area contributed by atoms with Gasteiger partial charge in [0.1, 0.15) is 0 Å². The van der Waals surface area contributed by atoms with Crippen molar-refractivity contribution in [1.29, 1.82) is 0 Å². The van der Waals surface area contributed by atoms with Gasteiger partial charge in [0.25, 0.3) is 0 Å². The third-order valence-corrected chi connectivity index (χ3v) is 4.24. The van der Waals surface area contributed by atoms with Gasteiger partial charge in [0.2, 0.25) is 0 Å². The van der Waals surface area contributed by atoms with Gasteiger partial charge in [-0.3, -0.25) is 0 Å². The molecule has 4 nitrogen and oxygen atoms in total. The number of nitrogens with zero attached hydrogens (tertiary/aromatic N) is 1. The first-order valence-electron chi connectivity index (χ1n) is 6.15. The van der Waals surface area contributed by atoms with Crippen LogP contribution in [0.4, 0.5) is 0 Å². The van der Waals surface area contributed by atoms with Gasteiger partial charge in [-0.05, 0) is 38.5 Å². The summed E-state index contributed by atoms with van der Waals surface area (Å²) in [5, 5.41) is 23.2. The van der Waals surface area contributed by atoms with E-state index >= 15 is 0 Å². The summed E-state index contributed by atoms with van der Waals surface area (Å²) in [5.74, 6) is -0.178. The first-order valence-corrected chi connectivity index (χ1v) is 6.97. The van der Waals surface area contributed by atoms with Gasteiger partial charge in [-0.25, -0.2) is 4.98 Å². The van der Waals surface area contributed by atoms with Crippen LogP contribution in [-0.4, -0.2) is 15.2 Å². The number of aromatic nitrogens is 1. The van der Waals surface area contributed by atoms with Crippen LogP contribution in [0.25, 0.3) is 0 Å². The summed E-state index contributed by atoms with van der Waals surface area (Å²) >= 11 is 1.70. The quantitative estimate of drug-likeness (QED) is 0.752. The molecule has 1 aromatic carbocycles. The zero-order valence-corrected chi connectivity index (χ0v) is 12.1. The van der Waals surface area contributed by atoms with Gasteiger partial charge in [0.15, 0.2) is 11.5 Å². The molecule has 1 heterocycles. The summed E-state index contributed by atoms with van der Waals surface area (Å²) in [7, 11) is 0. The average molecular weight is 278 g/mol. The minimum Gasteiger partial charge on any atom is -0.504 e. The predicted octanol–water partition coefficient (Wildman–Crippen LogP) is 3.02. The Balaban J connectivity index is 2.02. The maximum atomic E-state index is 9.44. The lowest BCUT2D eigenvalue weighted by Crippen LogP contribution is -2.17. The first kappa shape index (κ1) is 13.8. The fourth-order valence-electron chi connectivity index (χ4n) is 1.99. The smallest absolute Gasteiger partial charge is 0.157 e. The van der Waals surface area contributed by atoms with Crippen LogP contribution in [0.1, 0.15) is 34.1 Å². The standard InChI is InChI=1S/C14H18N2O2S/c1-8(14-9(2)16-10(3)19-14)15-7-11-4-5-12(17)13(18)6-11/h4-6,8,15,17-18H,7H2,1-3H3. The minimum absolute atomic E-state index is 0.0863. The maximum absolute atomic E-state index is 9.44. The monoisotopic (exact) mass is 278 g/mol. The lowest BCUT2D eigenvalue weighted by atomic mass is 10.1. The van der Waals surface area contributed by atoms with E-state index in [9.17, 15) is 10.2 Å². The van der Waals surface area contributed by atoms with Crippen molar-refractivity contribution in [3.63, 3.8) is 0 Å². The Morgan fingerprint density at radius 3 is 2.58 bits per heavy atom. The third-order valence-electron chi connectivity index (χ3n) is 2.98. The molecule has 0 aliphatic carbocycles. The second kappa shape index (κ2) is 5.59. The molecule has 1 unspecified atom stereocenters. The summed E-state index contributed by atoms with van der Waals surface area (Å²) < 4.78 is 0. The van der Waals surface area contributed by atoms with Crippen molar-refractivity contribution in [2.45, 2.75) is 33.4 Å². The summed E-state index contributed by atoms with van der Waals surface area (Å²) in [4.78, 5) is 5.65. The number of hydrogen-bond donors (Lipinski definition) is 3. The molecule has 0 aliphatic rings. The molecule has 1 atom stereocenters. The zero-order chi connectivity index (χ0) is 14.0. The Morgan fingerprint density at radius 2 is 2.00 bits per heavy atom. The molecule has 0 saturated heterocycles. The molecule has 0 radical (unpaired) electrons. The van der Waals surface area contributed by atoms with Crippen molar-refractivity contribution in [2.24, 2.45) is 0 Å². The zero-order valence-electron chi connectivity index (χ0n) is 11.3. The third kappa shape index (κ3) is 3.24. The van der Waals surface area contributed by atoms with Crippen LogP contribution in [0.3, 0.4) is 0 Å². The Labute approximate surface area is 116 Å². The van der Waals surface area contributed by atoms with E-state index in [0.717, 1.165) is 16.3 Å². The van der Waals surface area contributed by atoms with Gasteiger partial charge in [-0.15, -0.1) is 11.3 Å². The highest BCUT2D eigenvalue weighted by atomic mass is 32.1. The molecule has 0 saturated carbocycles. The van der Waals surface area contributed by atoms with E-state index in [-0.39, 0.29) is 17.5 Å². The van der Waals surface area contributed by atoms with Crippen LogP contribution < -0.4 is 5.32 Å². The van der Waals surface area contributed by atoms with Gasteiger partial charge in [-0.1, -0.05) is 6.07 Å². The van der Waals surface area contributed by atoms with Crippen LogP contribution in [0.15, 0.2) is 18.2 Å². The number of phenolic OH excluding ortho intramolecular Hbond substituents is 2. The molecule has 0 aliphatic heterocycles. The Kier molecular flexibility index (Phi) is 4.07. The van der Waals surface area contributed by atoms with Crippen molar-refractivity contribution in [3.05, 3.63) is 39.3 Å². The Morgan fingerprint density at radius 1 is 1.26 bits per heavy atom. The molecule has 0 amide bonds. The molecular weight excluding hydrogens is 260 g/mol. The van der Waals surface area contributed by atoms with Gasteiger partial charge >= 0.3 is 0 Å². The molecule has 19 heavy (non-hydrogen) atoms. The average Bonchev–Trinajstić information content (AvgIpc) is 2.70. The fourth-order valence-corrected chi connectivity index (χ4v) is 2.95. The lowest BCUT2D eigenvalue weighted by molar-refractivity contribution is 0.402. The normalized spacial score (nSPS) is 12.6. The first-order chi connectivity index (χ1) is 8.97. The van der Waals surface area contributed by atoms with Crippen molar-refractivity contribution < 1.29 is 10.2 Å². The van der Waals surface area contributed by atoms with Crippen LogP contribution in [-0.2, 0) is 6.54 Å². The van der Waals surface area contributed by atoms with E-state index in [0.29, 0.717) is 6.54 Å². The van der Waals surface area contributed by atoms with E-state index < -0.39 is 0 Å². The van der Waals surface area contributed by atoms with Crippen molar-refractivity contribution in [1.82, 2.24) is 10.3 Å². The molecule has 3 N–H and O–H groups in total. The van der Waals surface area contributed by atoms with Crippen LogP contribution >= 0.6 is 11.3 Å². The number of rotatable bonds is 4. The van der Waals surface area contributed by atoms with Gasteiger partial charge in [0.05, 0.1) is 10.7 Å². The molecular formula is C14H18N2O2S. The van der Waals surface area contributed by atoms with E-state index in [1.54, 1.807) is 23.5 Å². The molecule has 2 aromatic rings. The summed E-state index contributed by atoms with van der Waals surface area (Å²) in [6.07, 6.45) is 0. The molecule has 0 fully saturated rings. The van der Waals surface area contributed by atoms with Crippen LogP contribution in [0.2, 0.25) is 0 Å². The van der Waals surface area contributed by atoms with E-state index in [1.165, 1.54) is 10.9 Å². The topological polar surface area (TPSA) is 65.4 Å². The van der Waals surface area contributed by atoms with E-state index in [1.807, 2.05) is 13.8 Å². The Bertz CT molecular complexity index is 581. The molecule has 0 spiro atoms. The van der Waals surface area contributed by atoms with Crippen LogP contribution in [0, 0.1) is 13.8 Å². The minimum atomic E-state index is -0.0919. The molecule has 5 heteroatoms. The number of benzene rings is 1. The summed E-state index contributed by atoms with van der Waals surface area (Å²) in [6.45, 7) is 6.75. The number of nitrogens with one attached hydrogen (secondary N) is 1. The number of phenols is 2. The molecule has 0 bridgehead atoms. The lowest BCUT2D eigenvalue weighted by Gasteiger charge is -2.13. The Hall–Kier alpha value is -1.59. The number of thiazole rings is 1. The van der Waals surface area contributed by atoms with Gasteiger partial charge in [-0.2, -0.15) is 0 Å². The van der Waals surface area contributed by atoms with E-state index in [2.05, 4.69) is 17.2 Å². The number of aryl methyl sites for hydroxylation is 2. The number of hydrogen-bond acceptors (Lipinski definition) is 5. The SMILES string of the molecule is Cc1nc(C)c(C(C)NCc2ccc(O)c(O)c2)s1. The highest BCUT2D eigenvalue weighted by Gasteiger charge is 2.12. The summed E-state index contributed by atoms with van der Waals surface area (Å²) in [6, 6.07) is 5.07. The molecule has 102 valence electrons. The molecule has 2 rings (SSSR count). The number of aromatic hydroxyl groups is 2. The maximum Gasteiger partial charge on any atom is 0.157 e. The second-order valence-corrected chi connectivity index (χ2v) is 5.84. The van der Waals surface area contributed by atoms with Gasteiger partial charge in [0, 0.05) is 17.5 Å². The van der Waals surface area contributed by atoms with Crippen molar-refractivity contribution in [2.75, 3.05) is 0 Å². The molecule has 1 aromatic heterocycles.